The molecule has 3 heteroatoms. The Bertz CT molecular complexity index is 599. The summed E-state index contributed by atoms with van der Waals surface area (Å²) in [6, 6.07) is 13.1. The Balaban J connectivity index is 1.96. The Labute approximate surface area is 112 Å². The number of carboxylic acid groups (broad SMARTS) is 1. The Morgan fingerprint density at radius 1 is 1.21 bits per heavy atom. The first kappa shape index (κ1) is 12.2. The zero-order valence-corrected chi connectivity index (χ0v) is 10.7. The highest BCUT2D eigenvalue weighted by atomic mass is 16.4. The number of fused-ring (bicyclic) bond motifs is 1. The van der Waals surface area contributed by atoms with Gasteiger partial charge in [-0.3, -0.25) is 4.79 Å². The fourth-order valence-corrected chi connectivity index (χ4v) is 2.44. The maximum Gasteiger partial charge on any atom is 0.325 e. The Kier molecular flexibility index (Phi) is 3.22. The van der Waals surface area contributed by atoms with Crippen LogP contribution in [0, 0.1) is 5.92 Å². The van der Waals surface area contributed by atoms with E-state index < -0.39 is 12.0 Å². The predicted octanol–water partition coefficient (Wildman–Crippen LogP) is 2.97. The van der Waals surface area contributed by atoms with Crippen molar-refractivity contribution in [2.24, 2.45) is 5.92 Å². The fourth-order valence-electron chi connectivity index (χ4n) is 2.44. The van der Waals surface area contributed by atoms with Crippen LogP contribution in [-0.4, -0.2) is 17.6 Å². The van der Waals surface area contributed by atoms with Crippen molar-refractivity contribution in [2.45, 2.75) is 18.9 Å². The van der Waals surface area contributed by atoms with Crippen molar-refractivity contribution in [1.82, 2.24) is 5.32 Å². The predicted molar refractivity (Wildman–Crippen MR) is 75.1 cm³/mol. The van der Waals surface area contributed by atoms with E-state index in [1.54, 1.807) is 0 Å². The third-order valence-corrected chi connectivity index (χ3v) is 3.69. The first-order valence-corrected chi connectivity index (χ1v) is 6.69. The van der Waals surface area contributed by atoms with Gasteiger partial charge in [-0.25, -0.2) is 0 Å². The molecule has 0 aliphatic heterocycles. The highest BCUT2D eigenvalue weighted by Crippen LogP contribution is 2.30. The summed E-state index contributed by atoms with van der Waals surface area (Å²) in [7, 11) is 0. The Hall–Kier alpha value is -1.87. The van der Waals surface area contributed by atoms with Crippen molar-refractivity contribution in [3.05, 3.63) is 48.0 Å². The van der Waals surface area contributed by atoms with Gasteiger partial charge >= 0.3 is 5.97 Å². The van der Waals surface area contributed by atoms with Crippen LogP contribution in [0.25, 0.3) is 10.8 Å². The molecule has 3 nitrogen and oxygen atoms in total. The van der Waals surface area contributed by atoms with Crippen LogP contribution >= 0.6 is 0 Å². The second kappa shape index (κ2) is 5.02. The van der Waals surface area contributed by atoms with Crippen molar-refractivity contribution >= 4 is 16.7 Å². The van der Waals surface area contributed by atoms with E-state index in [1.165, 1.54) is 12.8 Å². The van der Waals surface area contributed by atoms with Crippen LogP contribution in [-0.2, 0) is 4.79 Å². The number of rotatable bonds is 5. The van der Waals surface area contributed by atoms with Gasteiger partial charge in [0.15, 0.2) is 0 Å². The summed E-state index contributed by atoms with van der Waals surface area (Å²) in [5.41, 5.74) is 0.853. The zero-order valence-electron chi connectivity index (χ0n) is 10.7. The molecule has 1 aliphatic rings. The highest BCUT2D eigenvalue weighted by Gasteiger charge is 2.26. The lowest BCUT2D eigenvalue weighted by Gasteiger charge is -2.16. The minimum atomic E-state index is -0.808. The molecule has 19 heavy (non-hydrogen) atoms. The summed E-state index contributed by atoms with van der Waals surface area (Å²) in [6.07, 6.45) is 2.43. The van der Waals surface area contributed by atoms with Crippen LogP contribution in [0.3, 0.4) is 0 Å². The van der Waals surface area contributed by atoms with E-state index in [9.17, 15) is 9.90 Å². The summed E-state index contributed by atoms with van der Waals surface area (Å²) >= 11 is 0. The van der Waals surface area contributed by atoms with E-state index >= 15 is 0 Å². The standard InChI is InChI=1S/C16H17NO2/c18-16(19)15(17-10-11-8-9-11)14-7-3-5-12-4-1-2-6-13(12)14/h1-7,11,15,17H,8-10H2,(H,18,19). The number of benzene rings is 2. The lowest BCUT2D eigenvalue weighted by atomic mass is 9.98. The molecule has 0 spiro atoms. The molecule has 0 radical (unpaired) electrons. The minimum Gasteiger partial charge on any atom is -0.480 e. The average molecular weight is 255 g/mol. The highest BCUT2D eigenvalue weighted by molar-refractivity contribution is 5.90. The van der Waals surface area contributed by atoms with E-state index in [-0.39, 0.29) is 0 Å². The van der Waals surface area contributed by atoms with Crippen LogP contribution < -0.4 is 5.32 Å². The van der Waals surface area contributed by atoms with Crippen molar-refractivity contribution in [3.63, 3.8) is 0 Å². The molecule has 0 bridgehead atoms. The van der Waals surface area contributed by atoms with E-state index in [4.69, 9.17) is 0 Å². The molecular formula is C16H17NO2. The van der Waals surface area contributed by atoms with Crippen LogP contribution in [0.2, 0.25) is 0 Å². The first-order chi connectivity index (χ1) is 9.25. The molecule has 1 unspecified atom stereocenters. The van der Waals surface area contributed by atoms with Gasteiger partial charge in [-0.05, 0) is 41.6 Å². The number of carboxylic acids is 1. The van der Waals surface area contributed by atoms with Gasteiger partial charge in [0.2, 0.25) is 0 Å². The van der Waals surface area contributed by atoms with E-state index in [0.29, 0.717) is 5.92 Å². The van der Waals surface area contributed by atoms with Gasteiger partial charge in [0.1, 0.15) is 6.04 Å². The van der Waals surface area contributed by atoms with Crippen molar-refractivity contribution in [2.75, 3.05) is 6.54 Å². The zero-order chi connectivity index (χ0) is 13.2. The largest absolute Gasteiger partial charge is 0.480 e. The molecule has 98 valence electrons. The van der Waals surface area contributed by atoms with Gasteiger partial charge in [-0.15, -0.1) is 0 Å². The minimum absolute atomic E-state index is 0.619. The lowest BCUT2D eigenvalue weighted by Crippen LogP contribution is -2.30. The van der Waals surface area contributed by atoms with Gasteiger partial charge in [0.05, 0.1) is 0 Å². The number of aliphatic carboxylic acids is 1. The third-order valence-electron chi connectivity index (χ3n) is 3.69. The molecular weight excluding hydrogens is 238 g/mol. The molecule has 0 aromatic heterocycles. The number of carbonyl (C=O) groups is 1. The normalized spacial score (nSPS) is 16.4. The molecule has 0 amide bonds. The second-order valence-electron chi connectivity index (χ2n) is 5.19. The van der Waals surface area contributed by atoms with E-state index in [1.807, 2.05) is 42.5 Å². The first-order valence-electron chi connectivity index (χ1n) is 6.69. The summed E-state index contributed by atoms with van der Waals surface area (Å²) in [4.78, 5) is 11.5. The second-order valence-corrected chi connectivity index (χ2v) is 5.19. The van der Waals surface area contributed by atoms with Gasteiger partial charge in [0.25, 0.3) is 0 Å². The molecule has 3 rings (SSSR count). The number of hydrogen-bond donors (Lipinski definition) is 2. The van der Waals surface area contributed by atoms with Gasteiger partial charge in [-0.1, -0.05) is 42.5 Å². The smallest absolute Gasteiger partial charge is 0.325 e. The van der Waals surface area contributed by atoms with Crippen molar-refractivity contribution in [3.8, 4) is 0 Å². The van der Waals surface area contributed by atoms with Crippen LogP contribution in [0.5, 0.6) is 0 Å². The molecule has 0 heterocycles. The lowest BCUT2D eigenvalue weighted by molar-refractivity contribution is -0.139. The van der Waals surface area contributed by atoms with Gasteiger partial charge in [0, 0.05) is 0 Å². The molecule has 2 aromatic rings. The monoisotopic (exact) mass is 255 g/mol. The van der Waals surface area contributed by atoms with Crippen molar-refractivity contribution < 1.29 is 9.90 Å². The van der Waals surface area contributed by atoms with Gasteiger partial charge in [-0.2, -0.15) is 0 Å². The van der Waals surface area contributed by atoms with Crippen LogP contribution in [0.15, 0.2) is 42.5 Å². The maximum absolute atomic E-state index is 11.5. The molecule has 2 N–H and O–H groups in total. The molecule has 0 saturated heterocycles. The van der Waals surface area contributed by atoms with Crippen LogP contribution in [0.1, 0.15) is 24.4 Å². The molecule has 1 fully saturated rings. The van der Waals surface area contributed by atoms with E-state index in [2.05, 4.69) is 5.32 Å². The number of nitrogens with one attached hydrogen (secondary N) is 1. The van der Waals surface area contributed by atoms with E-state index in [0.717, 1.165) is 22.9 Å². The van der Waals surface area contributed by atoms with Crippen LogP contribution in [0.4, 0.5) is 0 Å². The summed E-state index contributed by atoms with van der Waals surface area (Å²) in [5, 5.41) is 14.7. The number of hydrogen-bond acceptors (Lipinski definition) is 2. The summed E-state index contributed by atoms with van der Waals surface area (Å²) < 4.78 is 0. The molecule has 1 aliphatic carbocycles. The summed E-state index contributed by atoms with van der Waals surface area (Å²) in [5.74, 6) is -0.145. The molecule has 1 atom stereocenters. The van der Waals surface area contributed by atoms with Gasteiger partial charge < -0.3 is 10.4 Å². The Morgan fingerprint density at radius 3 is 2.68 bits per heavy atom. The quantitative estimate of drug-likeness (QED) is 0.863. The maximum atomic E-state index is 11.5. The van der Waals surface area contributed by atoms with Crippen molar-refractivity contribution in [1.29, 1.82) is 0 Å². The molecule has 2 aromatic carbocycles. The topological polar surface area (TPSA) is 49.3 Å². The SMILES string of the molecule is O=C(O)C(NCC1CC1)c1cccc2ccccc12. The average Bonchev–Trinajstić information content (AvgIpc) is 3.23. The summed E-state index contributed by atoms with van der Waals surface area (Å²) in [6.45, 7) is 0.792. The molecule has 1 saturated carbocycles. The Morgan fingerprint density at radius 2 is 1.95 bits per heavy atom. The third kappa shape index (κ3) is 2.61. The fraction of sp³-hybridized carbons (Fsp3) is 0.312.